The van der Waals surface area contributed by atoms with E-state index in [0.29, 0.717) is 5.76 Å². The fraction of sp³-hybridized carbons (Fsp3) is 0.0909. The van der Waals surface area contributed by atoms with Crippen molar-refractivity contribution in [2.45, 2.75) is 11.8 Å². The van der Waals surface area contributed by atoms with Gasteiger partial charge in [0.15, 0.2) is 0 Å². The molecule has 1 aromatic carbocycles. The van der Waals surface area contributed by atoms with E-state index in [1.165, 1.54) is 24.4 Å². The third kappa shape index (κ3) is 2.98. The zero-order chi connectivity index (χ0) is 14.9. The first-order valence-corrected chi connectivity index (χ1v) is 7.26. The Hall–Kier alpha value is -1.90. The van der Waals surface area contributed by atoms with E-state index >= 15 is 0 Å². The molecule has 1 aromatic heterocycles. The van der Waals surface area contributed by atoms with Gasteiger partial charge in [0.1, 0.15) is 11.3 Å². The lowest BCUT2D eigenvalue weighted by Crippen LogP contribution is -2.15. The van der Waals surface area contributed by atoms with Crippen LogP contribution in [0.3, 0.4) is 0 Å². The summed E-state index contributed by atoms with van der Waals surface area (Å²) < 4.78 is 27.3. The van der Waals surface area contributed by atoms with Crippen LogP contribution in [0.25, 0.3) is 0 Å². The molecule has 0 atom stereocenters. The minimum absolute atomic E-state index is 0.129. The van der Waals surface area contributed by atoms with Crippen LogP contribution in [-0.4, -0.2) is 19.5 Å². The molecular weight excluding hydrogens is 306 g/mol. The van der Waals surface area contributed by atoms with Crippen LogP contribution in [0.4, 0.5) is 5.69 Å². The number of primary sulfonamides is 1. The third-order valence-corrected chi connectivity index (χ3v) is 3.75. The number of aromatic nitrogens is 1. The number of aryl methyl sites for hydroxylation is 1. The van der Waals surface area contributed by atoms with Gasteiger partial charge >= 0.3 is 0 Å². The summed E-state index contributed by atoms with van der Waals surface area (Å²) in [7, 11) is -3.88. The van der Waals surface area contributed by atoms with Crippen LogP contribution in [0.2, 0.25) is 5.02 Å². The molecule has 7 nitrogen and oxygen atoms in total. The van der Waals surface area contributed by atoms with E-state index < -0.39 is 15.9 Å². The molecule has 0 bridgehead atoms. The average Bonchev–Trinajstić information content (AvgIpc) is 2.77. The van der Waals surface area contributed by atoms with Crippen molar-refractivity contribution in [3.05, 3.63) is 40.7 Å². The maximum absolute atomic E-state index is 12.0. The molecule has 0 aliphatic carbocycles. The van der Waals surface area contributed by atoms with Crippen molar-refractivity contribution < 1.29 is 17.7 Å². The number of rotatable bonds is 3. The Labute approximate surface area is 119 Å². The van der Waals surface area contributed by atoms with Crippen LogP contribution in [0, 0.1) is 6.92 Å². The van der Waals surface area contributed by atoms with Gasteiger partial charge in [-0.15, -0.1) is 0 Å². The van der Waals surface area contributed by atoms with Crippen LogP contribution in [0.5, 0.6) is 0 Å². The summed E-state index contributed by atoms with van der Waals surface area (Å²) in [5, 5.41) is 11.2. The van der Waals surface area contributed by atoms with Crippen molar-refractivity contribution in [2.75, 3.05) is 5.32 Å². The van der Waals surface area contributed by atoms with Crippen LogP contribution in [-0.2, 0) is 10.0 Å². The van der Waals surface area contributed by atoms with Gasteiger partial charge in [0.25, 0.3) is 5.91 Å². The largest absolute Gasteiger partial charge is 0.361 e. The van der Waals surface area contributed by atoms with Crippen molar-refractivity contribution in [3.63, 3.8) is 0 Å². The highest BCUT2D eigenvalue weighted by molar-refractivity contribution is 7.89. The number of carbonyl (C=O) groups is 1. The van der Waals surface area contributed by atoms with Gasteiger partial charge < -0.3 is 9.84 Å². The predicted octanol–water partition coefficient (Wildman–Crippen LogP) is 1.54. The molecule has 1 heterocycles. The number of hydrogen-bond donors (Lipinski definition) is 2. The Kier molecular flexibility index (Phi) is 3.80. The number of nitrogens with two attached hydrogens (primary N) is 1. The number of nitrogens with zero attached hydrogens (tertiary/aromatic N) is 1. The van der Waals surface area contributed by atoms with Crippen LogP contribution >= 0.6 is 11.6 Å². The number of amides is 1. The second-order valence-corrected chi connectivity index (χ2v) is 5.91. The first-order chi connectivity index (χ1) is 9.29. The molecule has 3 N–H and O–H groups in total. The topological polar surface area (TPSA) is 115 Å². The van der Waals surface area contributed by atoms with E-state index in [2.05, 4.69) is 10.5 Å². The number of nitrogens with one attached hydrogen (secondary N) is 1. The van der Waals surface area contributed by atoms with Gasteiger partial charge in [-0.2, -0.15) is 0 Å². The lowest BCUT2D eigenvalue weighted by Gasteiger charge is -2.08. The summed E-state index contributed by atoms with van der Waals surface area (Å²) in [4.78, 5) is 11.8. The number of benzene rings is 1. The van der Waals surface area contributed by atoms with Gasteiger partial charge in [0.2, 0.25) is 10.0 Å². The molecule has 106 valence electrons. The summed E-state index contributed by atoms with van der Waals surface area (Å²) in [6.45, 7) is 1.57. The van der Waals surface area contributed by atoms with Crippen LogP contribution < -0.4 is 10.5 Å². The van der Waals surface area contributed by atoms with E-state index in [4.69, 9.17) is 21.3 Å². The molecule has 0 spiro atoms. The molecule has 0 aliphatic rings. The molecular formula is C11H10ClN3O4S. The molecule has 0 aliphatic heterocycles. The van der Waals surface area contributed by atoms with Gasteiger partial charge in [-0.25, -0.2) is 13.6 Å². The monoisotopic (exact) mass is 315 g/mol. The molecule has 20 heavy (non-hydrogen) atoms. The highest BCUT2D eigenvalue weighted by Crippen LogP contribution is 2.25. The fourth-order valence-electron chi connectivity index (χ4n) is 1.48. The van der Waals surface area contributed by atoms with E-state index in [9.17, 15) is 13.2 Å². The second-order valence-electron chi connectivity index (χ2n) is 3.94. The minimum atomic E-state index is -3.88. The number of anilines is 1. The van der Waals surface area contributed by atoms with Crippen molar-refractivity contribution in [1.29, 1.82) is 0 Å². The summed E-state index contributed by atoms with van der Waals surface area (Å²) >= 11 is 5.90. The fourth-order valence-corrected chi connectivity index (χ4v) is 2.19. The second kappa shape index (κ2) is 5.23. The molecule has 0 radical (unpaired) electrons. The molecule has 1 amide bonds. The van der Waals surface area contributed by atoms with Crippen LogP contribution in [0.15, 0.2) is 33.8 Å². The standard InChI is InChI=1S/C11H10ClN3O4S/c1-6-8(5-14-19-6)11(16)15-10-4-7(20(13,17)18)2-3-9(10)12/h2-5H,1H3,(H,15,16)(H2,13,17,18). The Balaban J connectivity index is 2.34. The molecule has 0 saturated heterocycles. The molecule has 0 saturated carbocycles. The lowest BCUT2D eigenvalue weighted by atomic mass is 10.2. The van der Waals surface area contributed by atoms with E-state index in [1.807, 2.05) is 0 Å². The highest BCUT2D eigenvalue weighted by atomic mass is 35.5. The molecule has 0 fully saturated rings. The summed E-state index contributed by atoms with van der Waals surface area (Å²) in [5.41, 5.74) is 0.353. The Morgan fingerprint density at radius 2 is 2.15 bits per heavy atom. The van der Waals surface area contributed by atoms with Crippen molar-refractivity contribution in [2.24, 2.45) is 5.14 Å². The smallest absolute Gasteiger partial charge is 0.260 e. The van der Waals surface area contributed by atoms with Gasteiger partial charge in [0.05, 0.1) is 21.8 Å². The highest BCUT2D eigenvalue weighted by Gasteiger charge is 2.16. The van der Waals surface area contributed by atoms with Crippen molar-refractivity contribution >= 4 is 33.2 Å². The quantitative estimate of drug-likeness (QED) is 0.891. The van der Waals surface area contributed by atoms with E-state index in [-0.39, 0.29) is 21.2 Å². The molecule has 0 unspecified atom stereocenters. The molecule has 2 aromatic rings. The number of sulfonamides is 1. The summed E-state index contributed by atoms with van der Waals surface area (Å²) in [5.74, 6) is -0.182. The van der Waals surface area contributed by atoms with Crippen molar-refractivity contribution in [3.8, 4) is 0 Å². The SMILES string of the molecule is Cc1oncc1C(=O)Nc1cc(S(N)(=O)=O)ccc1Cl. The van der Waals surface area contributed by atoms with E-state index in [1.54, 1.807) is 6.92 Å². The van der Waals surface area contributed by atoms with Gasteiger partial charge in [-0.3, -0.25) is 4.79 Å². The number of hydrogen-bond acceptors (Lipinski definition) is 5. The molecule has 9 heteroatoms. The zero-order valence-corrected chi connectivity index (χ0v) is 11.8. The Bertz CT molecular complexity index is 770. The van der Waals surface area contributed by atoms with Gasteiger partial charge in [0, 0.05) is 0 Å². The van der Waals surface area contributed by atoms with E-state index in [0.717, 1.165) is 0 Å². The maximum Gasteiger partial charge on any atom is 0.260 e. The minimum Gasteiger partial charge on any atom is -0.361 e. The summed E-state index contributed by atoms with van der Waals surface area (Å²) in [6, 6.07) is 3.76. The maximum atomic E-state index is 12.0. The first kappa shape index (κ1) is 14.5. The van der Waals surface area contributed by atoms with Crippen LogP contribution in [0.1, 0.15) is 16.1 Å². The molecule has 2 rings (SSSR count). The van der Waals surface area contributed by atoms with Gasteiger partial charge in [-0.1, -0.05) is 16.8 Å². The predicted molar refractivity (Wildman–Crippen MR) is 72.0 cm³/mol. The number of carbonyl (C=O) groups excluding carboxylic acids is 1. The third-order valence-electron chi connectivity index (χ3n) is 2.51. The lowest BCUT2D eigenvalue weighted by molar-refractivity contribution is 0.102. The van der Waals surface area contributed by atoms with Gasteiger partial charge in [-0.05, 0) is 25.1 Å². The van der Waals surface area contributed by atoms with Crippen molar-refractivity contribution in [1.82, 2.24) is 5.16 Å². The Morgan fingerprint density at radius 1 is 1.45 bits per heavy atom. The summed E-state index contributed by atoms with van der Waals surface area (Å²) in [6.07, 6.45) is 1.25. The average molecular weight is 316 g/mol. The number of halogens is 1. The zero-order valence-electron chi connectivity index (χ0n) is 10.3. The Morgan fingerprint density at radius 3 is 2.70 bits per heavy atom. The first-order valence-electron chi connectivity index (χ1n) is 5.34. The normalized spacial score (nSPS) is 11.3.